The van der Waals surface area contributed by atoms with Gasteiger partial charge in [0, 0.05) is 23.7 Å². The fourth-order valence-electron chi connectivity index (χ4n) is 3.64. The Hall–Kier alpha value is -3.23. The normalized spacial score (nSPS) is 12.9. The molecular weight excluding hydrogens is 464 g/mol. The Morgan fingerprint density at radius 2 is 1.79 bits per heavy atom. The molecule has 0 saturated carbocycles. The van der Waals surface area contributed by atoms with E-state index in [-0.39, 0.29) is 16.5 Å². The molecule has 3 aromatic carbocycles. The minimum atomic E-state index is -3.93. The van der Waals surface area contributed by atoms with Crippen LogP contribution in [0.3, 0.4) is 0 Å². The number of nitrogens with one attached hydrogen (secondary N) is 1. The fraction of sp³-hybridized carbons (Fsp3) is 0.208. The molecule has 3 aromatic rings. The Morgan fingerprint density at radius 1 is 1.06 bits per heavy atom. The number of methoxy groups -OCH3 is 1. The number of hydrogen-bond donors (Lipinski definition) is 1. The molecular formula is C24H23ClN2O5S. The molecule has 1 N–H and O–H groups in total. The van der Waals surface area contributed by atoms with Crippen LogP contribution in [0.5, 0.6) is 17.2 Å². The van der Waals surface area contributed by atoms with Crippen molar-refractivity contribution < 1.29 is 22.7 Å². The monoisotopic (exact) mass is 486 g/mol. The molecule has 1 aliphatic rings. The highest BCUT2D eigenvalue weighted by Crippen LogP contribution is 2.35. The number of nitrogens with zero attached hydrogens (tertiary/aromatic N) is 1. The van der Waals surface area contributed by atoms with E-state index in [1.54, 1.807) is 67.5 Å². The molecule has 0 unspecified atom stereocenters. The number of amides is 1. The number of carbonyl (C=O) groups is 1. The van der Waals surface area contributed by atoms with Gasteiger partial charge >= 0.3 is 0 Å². The number of fused-ring (bicyclic) bond motifs is 1. The van der Waals surface area contributed by atoms with Crippen molar-refractivity contribution in [1.82, 2.24) is 0 Å². The van der Waals surface area contributed by atoms with E-state index < -0.39 is 10.0 Å². The first-order valence-electron chi connectivity index (χ1n) is 10.4. The van der Waals surface area contributed by atoms with Gasteiger partial charge in [-0.15, -0.1) is 0 Å². The average molecular weight is 487 g/mol. The second-order valence-electron chi connectivity index (χ2n) is 7.46. The number of anilines is 2. The van der Waals surface area contributed by atoms with E-state index >= 15 is 0 Å². The molecule has 9 heteroatoms. The Balaban J connectivity index is 1.61. The van der Waals surface area contributed by atoms with Crippen molar-refractivity contribution in [3.63, 3.8) is 0 Å². The predicted octanol–water partition coefficient (Wildman–Crippen LogP) is 5.24. The zero-order valence-corrected chi connectivity index (χ0v) is 19.7. The molecule has 0 aliphatic carbocycles. The van der Waals surface area contributed by atoms with Crippen molar-refractivity contribution in [2.24, 2.45) is 0 Å². The zero-order chi connectivity index (χ0) is 23.6. The molecule has 1 amide bonds. The SMILES string of the molecule is CCC(=O)N1CCc2cc(S(=O)(=O)Nc3cc(Cl)ccc3Oc3ccc(OC)cc3)ccc21. The minimum absolute atomic E-state index is 0.0155. The lowest BCUT2D eigenvalue weighted by Gasteiger charge is -2.17. The molecule has 0 radical (unpaired) electrons. The number of ether oxygens (including phenoxy) is 2. The van der Waals surface area contributed by atoms with E-state index in [4.69, 9.17) is 21.1 Å². The number of benzene rings is 3. The van der Waals surface area contributed by atoms with Crippen LogP contribution in [0.25, 0.3) is 0 Å². The highest BCUT2D eigenvalue weighted by Gasteiger charge is 2.26. The number of carbonyl (C=O) groups excluding carboxylic acids is 1. The van der Waals surface area contributed by atoms with Crippen molar-refractivity contribution in [2.45, 2.75) is 24.7 Å². The standard InChI is InChI=1S/C24H23ClN2O5S/c1-3-24(28)27-13-12-16-14-20(9-10-22(16)27)33(29,30)26-21-15-17(25)4-11-23(21)32-19-7-5-18(31-2)6-8-19/h4-11,14-15,26H,3,12-13H2,1-2H3. The summed E-state index contributed by atoms with van der Waals surface area (Å²) in [6.45, 7) is 2.35. The maximum absolute atomic E-state index is 13.2. The summed E-state index contributed by atoms with van der Waals surface area (Å²) in [5.74, 6) is 1.50. The van der Waals surface area contributed by atoms with Crippen LogP contribution in [-0.2, 0) is 21.2 Å². The summed E-state index contributed by atoms with van der Waals surface area (Å²) >= 11 is 6.13. The Labute approximate surface area is 197 Å². The van der Waals surface area contributed by atoms with Crippen molar-refractivity contribution >= 4 is 38.9 Å². The lowest BCUT2D eigenvalue weighted by atomic mass is 10.2. The van der Waals surface area contributed by atoms with Crippen LogP contribution in [0.15, 0.2) is 65.6 Å². The lowest BCUT2D eigenvalue weighted by molar-refractivity contribution is -0.118. The predicted molar refractivity (Wildman–Crippen MR) is 128 cm³/mol. The molecule has 0 atom stereocenters. The summed E-state index contributed by atoms with van der Waals surface area (Å²) in [7, 11) is -2.36. The smallest absolute Gasteiger partial charge is 0.262 e. The molecule has 1 aliphatic heterocycles. The van der Waals surface area contributed by atoms with Gasteiger partial charge in [-0.1, -0.05) is 18.5 Å². The van der Waals surface area contributed by atoms with Crippen LogP contribution in [0.4, 0.5) is 11.4 Å². The van der Waals surface area contributed by atoms with Crippen LogP contribution in [0, 0.1) is 0 Å². The Kier molecular flexibility index (Phi) is 6.49. The first-order chi connectivity index (χ1) is 15.8. The highest BCUT2D eigenvalue weighted by molar-refractivity contribution is 7.92. The zero-order valence-electron chi connectivity index (χ0n) is 18.2. The van der Waals surface area contributed by atoms with Crippen molar-refractivity contribution in [2.75, 3.05) is 23.3 Å². The summed E-state index contributed by atoms with van der Waals surface area (Å²) in [5.41, 5.74) is 1.79. The Bertz CT molecular complexity index is 1290. The van der Waals surface area contributed by atoms with E-state index in [1.807, 2.05) is 0 Å². The van der Waals surface area contributed by atoms with Gasteiger partial charge in [-0.05, 0) is 72.6 Å². The molecule has 0 saturated heterocycles. The highest BCUT2D eigenvalue weighted by atomic mass is 35.5. The third-order valence-corrected chi connectivity index (χ3v) is 6.93. The maximum atomic E-state index is 13.2. The number of hydrogen-bond acceptors (Lipinski definition) is 5. The third kappa shape index (κ3) is 4.91. The third-order valence-electron chi connectivity index (χ3n) is 5.33. The first kappa shape index (κ1) is 22.9. The molecule has 7 nitrogen and oxygen atoms in total. The summed E-state index contributed by atoms with van der Waals surface area (Å²) in [5, 5.41) is 0.359. The molecule has 0 fully saturated rings. The molecule has 0 aromatic heterocycles. The molecule has 1 heterocycles. The van der Waals surface area contributed by atoms with E-state index in [1.165, 1.54) is 12.1 Å². The quantitative estimate of drug-likeness (QED) is 0.493. The number of rotatable bonds is 7. The van der Waals surface area contributed by atoms with Crippen LogP contribution in [0.1, 0.15) is 18.9 Å². The van der Waals surface area contributed by atoms with Gasteiger partial charge in [0.05, 0.1) is 17.7 Å². The van der Waals surface area contributed by atoms with Gasteiger partial charge in [-0.3, -0.25) is 9.52 Å². The molecule has 4 rings (SSSR count). The summed E-state index contributed by atoms with van der Waals surface area (Å²) in [6.07, 6.45) is 1.00. The van der Waals surface area contributed by atoms with E-state index in [0.717, 1.165) is 11.3 Å². The molecule has 0 spiro atoms. The van der Waals surface area contributed by atoms with E-state index in [0.29, 0.717) is 41.7 Å². The maximum Gasteiger partial charge on any atom is 0.262 e. The minimum Gasteiger partial charge on any atom is -0.497 e. The average Bonchev–Trinajstić information content (AvgIpc) is 3.24. The van der Waals surface area contributed by atoms with E-state index in [9.17, 15) is 13.2 Å². The second-order valence-corrected chi connectivity index (χ2v) is 9.58. The van der Waals surface area contributed by atoms with E-state index in [2.05, 4.69) is 4.72 Å². The van der Waals surface area contributed by atoms with Crippen LogP contribution in [0.2, 0.25) is 5.02 Å². The number of halogens is 1. The first-order valence-corrected chi connectivity index (χ1v) is 12.2. The summed E-state index contributed by atoms with van der Waals surface area (Å²) in [4.78, 5) is 13.9. The van der Waals surface area contributed by atoms with Gasteiger partial charge in [0.2, 0.25) is 5.91 Å². The molecule has 33 heavy (non-hydrogen) atoms. The summed E-state index contributed by atoms with van der Waals surface area (Å²) < 4.78 is 39.9. The second kappa shape index (κ2) is 9.33. The lowest BCUT2D eigenvalue weighted by Crippen LogP contribution is -2.27. The fourth-order valence-corrected chi connectivity index (χ4v) is 4.92. The number of sulfonamides is 1. The van der Waals surface area contributed by atoms with Crippen LogP contribution >= 0.6 is 11.6 Å². The van der Waals surface area contributed by atoms with Crippen LogP contribution in [-0.4, -0.2) is 28.0 Å². The largest absolute Gasteiger partial charge is 0.497 e. The van der Waals surface area contributed by atoms with Crippen molar-refractivity contribution in [3.05, 3.63) is 71.2 Å². The molecule has 172 valence electrons. The van der Waals surface area contributed by atoms with Gasteiger partial charge in [0.25, 0.3) is 10.0 Å². The van der Waals surface area contributed by atoms with Gasteiger partial charge in [0.1, 0.15) is 11.5 Å². The van der Waals surface area contributed by atoms with Crippen molar-refractivity contribution in [3.8, 4) is 17.2 Å². The Morgan fingerprint density at radius 3 is 2.48 bits per heavy atom. The van der Waals surface area contributed by atoms with Crippen LogP contribution < -0.4 is 19.1 Å². The topological polar surface area (TPSA) is 84.9 Å². The molecule has 0 bridgehead atoms. The van der Waals surface area contributed by atoms with Gasteiger partial charge in [-0.2, -0.15) is 0 Å². The van der Waals surface area contributed by atoms with Crippen molar-refractivity contribution in [1.29, 1.82) is 0 Å². The summed E-state index contributed by atoms with van der Waals surface area (Å²) in [6, 6.07) is 16.4. The van der Waals surface area contributed by atoms with Gasteiger partial charge in [0.15, 0.2) is 5.75 Å². The van der Waals surface area contributed by atoms with Gasteiger partial charge in [-0.25, -0.2) is 8.42 Å². The van der Waals surface area contributed by atoms with Gasteiger partial charge < -0.3 is 14.4 Å².